The zero-order valence-corrected chi connectivity index (χ0v) is 24.7. The van der Waals surface area contributed by atoms with Gasteiger partial charge in [0.2, 0.25) is 5.91 Å². The predicted octanol–water partition coefficient (Wildman–Crippen LogP) is 5.47. The van der Waals surface area contributed by atoms with E-state index in [1.165, 1.54) is 26.4 Å². The van der Waals surface area contributed by atoms with Gasteiger partial charge in [-0.25, -0.2) is 18.4 Å². The van der Waals surface area contributed by atoms with E-state index in [0.717, 1.165) is 0 Å². The molecule has 43 heavy (non-hydrogen) atoms. The first-order valence-electron chi connectivity index (χ1n) is 12.9. The van der Waals surface area contributed by atoms with E-state index in [1.807, 2.05) is 6.07 Å². The van der Waals surface area contributed by atoms with E-state index < -0.39 is 15.9 Å². The monoisotopic (exact) mass is 618 g/mol. The number of anilines is 5. The molecule has 0 aliphatic rings. The maximum absolute atomic E-state index is 13.7. The Balaban J connectivity index is 1.53. The number of primary amides is 1. The zero-order valence-electron chi connectivity index (χ0n) is 23.1. The van der Waals surface area contributed by atoms with Gasteiger partial charge in [0.05, 0.1) is 30.1 Å². The lowest BCUT2D eigenvalue weighted by Gasteiger charge is -2.24. The van der Waals surface area contributed by atoms with Crippen LogP contribution in [0.25, 0.3) is 11.0 Å². The summed E-state index contributed by atoms with van der Waals surface area (Å²) in [6.45, 7) is -0.188. The van der Waals surface area contributed by atoms with Crippen molar-refractivity contribution in [1.82, 2.24) is 9.97 Å². The second-order valence-corrected chi connectivity index (χ2v) is 11.4. The number of ether oxygens (including phenoxy) is 2. The number of rotatable bonds is 11. The van der Waals surface area contributed by atoms with Gasteiger partial charge in [0, 0.05) is 40.3 Å². The first kappa shape index (κ1) is 29.4. The van der Waals surface area contributed by atoms with Crippen LogP contribution < -0.4 is 30.1 Å². The van der Waals surface area contributed by atoms with Crippen LogP contribution in [0.1, 0.15) is 0 Å². The average molecular weight is 619 g/mol. The largest absolute Gasteiger partial charge is 0.497 e. The normalized spacial score (nSPS) is 11.1. The minimum atomic E-state index is -4.20. The van der Waals surface area contributed by atoms with Crippen molar-refractivity contribution in [2.45, 2.75) is 4.90 Å². The summed E-state index contributed by atoms with van der Waals surface area (Å²) in [7, 11) is -1.15. The van der Waals surface area contributed by atoms with Crippen LogP contribution in [0.5, 0.6) is 11.5 Å². The Kier molecular flexibility index (Phi) is 8.51. The fourth-order valence-electron chi connectivity index (χ4n) is 4.29. The van der Waals surface area contributed by atoms with Crippen LogP contribution >= 0.6 is 11.6 Å². The lowest BCUT2D eigenvalue weighted by Crippen LogP contribution is -2.30. The van der Waals surface area contributed by atoms with Gasteiger partial charge < -0.3 is 25.4 Å². The average Bonchev–Trinajstić information content (AvgIpc) is 3.00. The van der Waals surface area contributed by atoms with Crippen molar-refractivity contribution < 1.29 is 22.7 Å². The van der Waals surface area contributed by atoms with E-state index in [9.17, 15) is 13.2 Å². The third kappa shape index (κ3) is 6.88. The number of carbonyl (C=O) groups is 1. The third-order valence-electron chi connectivity index (χ3n) is 6.31. The van der Waals surface area contributed by atoms with E-state index in [0.29, 0.717) is 44.6 Å². The molecule has 5 aromatic rings. The Hall–Kier alpha value is -5.07. The van der Waals surface area contributed by atoms with Crippen molar-refractivity contribution in [3.05, 3.63) is 96.0 Å². The molecule has 0 atom stereocenters. The first-order valence-corrected chi connectivity index (χ1v) is 14.7. The summed E-state index contributed by atoms with van der Waals surface area (Å²) in [4.78, 5) is 22.6. The number of fused-ring (bicyclic) bond motifs is 1. The van der Waals surface area contributed by atoms with Crippen molar-refractivity contribution in [2.24, 2.45) is 5.73 Å². The van der Waals surface area contributed by atoms with Gasteiger partial charge in [-0.1, -0.05) is 29.8 Å². The molecule has 1 amide bonds. The predicted molar refractivity (Wildman–Crippen MR) is 167 cm³/mol. The van der Waals surface area contributed by atoms with Gasteiger partial charge in [0.1, 0.15) is 18.0 Å². The van der Waals surface area contributed by atoms with E-state index >= 15 is 0 Å². The van der Waals surface area contributed by atoms with E-state index in [4.69, 9.17) is 26.8 Å². The lowest BCUT2D eigenvalue weighted by molar-refractivity contribution is -0.116. The Morgan fingerprint density at radius 2 is 1.47 bits per heavy atom. The van der Waals surface area contributed by atoms with E-state index in [-0.39, 0.29) is 23.1 Å². The molecule has 0 radical (unpaired) electrons. The second kappa shape index (κ2) is 12.4. The molecule has 0 saturated carbocycles. The fraction of sp³-hybridized carbons (Fsp3) is 0.100. The molecule has 4 N–H and O–H groups in total. The van der Waals surface area contributed by atoms with Gasteiger partial charge in [-0.15, -0.1) is 0 Å². The number of benzene rings is 4. The van der Waals surface area contributed by atoms with Gasteiger partial charge in [-0.2, -0.15) is 0 Å². The molecule has 0 bridgehead atoms. The highest BCUT2D eigenvalue weighted by atomic mass is 35.5. The number of nitrogens with zero attached hydrogens (tertiary/aromatic N) is 3. The molecule has 0 saturated heterocycles. The highest BCUT2D eigenvalue weighted by Crippen LogP contribution is 2.33. The highest BCUT2D eigenvalue weighted by molar-refractivity contribution is 7.92. The summed E-state index contributed by atoms with van der Waals surface area (Å²) < 4.78 is 40.8. The molecule has 0 aliphatic carbocycles. The standard InChI is InChI=1S/C30H27ClN6O5S/c1-41-23-14-20(15-24(17-23)42-2)33-29-30(35-27-9-4-3-8-26(27)34-29)36-43(39,40)25-7-5-6-22(16-25)37(18-28(32)38)21-12-10-19(31)11-13-21/h3-17H,18H2,1-2H3,(H2,32,38)(H,33,34)(H,35,36). The molecule has 1 heterocycles. The molecule has 13 heteroatoms. The van der Waals surface area contributed by atoms with Gasteiger partial charge in [0.15, 0.2) is 11.6 Å². The summed E-state index contributed by atoms with van der Waals surface area (Å²) >= 11 is 6.03. The number of nitrogens with one attached hydrogen (secondary N) is 2. The molecular weight excluding hydrogens is 592 g/mol. The van der Waals surface area contributed by atoms with Gasteiger partial charge in [-0.05, 0) is 54.6 Å². The number of amides is 1. The summed E-state index contributed by atoms with van der Waals surface area (Å²) in [5.41, 5.74) is 8.11. The van der Waals surface area contributed by atoms with Crippen LogP contribution in [0.3, 0.4) is 0 Å². The second-order valence-electron chi connectivity index (χ2n) is 9.27. The molecule has 0 aliphatic heterocycles. The number of carbonyl (C=O) groups excluding carboxylic acids is 1. The summed E-state index contributed by atoms with van der Waals surface area (Å²) in [6.07, 6.45) is 0. The van der Waals surface area contributed by atoms with Gasteiger partial charge in [0.25, 0.3) is 10.0 Å². The van der Waals surface area contributed by atoms with Gasteiger partial charge in [-0.3, -0.25) is 9.52 Å². The lowest BCUT2D eigenvalue weighted by atomic mass is 10.2. The molecule has 0 spiro atoms. The quantitative estimate of drug-likeness (QED) is 0.175. The topological polar surface area (TPSA) is 149 Å². The SMILES string of the molecule is COc1cc(Nc2nc3ccccc3nc2NS(=O)(=O)c2cccc(N(CC(N)=O)c3ccc(Cl)cc3)c2)cc(OC)c1. The maximum Gasteiger partial charge on any atom is 0.263 e. The number of hydrogen-bond donors (Lipinski definition) is 3. The molecule has 220 valence electrons. The molecule has 5 rings (SSSR count). The number of aromatic nitrogens is 2. The van der Waals surface area contributed by atoms with Crippen molar-refractivity contribution in [3.63, 3.8) is 0 Å². The van der Waals surface area contributed by atoms with E-state index in [1.54, 1.807) is 77.7 Å². The number of methoxy groups -OCH3 is 2. The molecule has 4 aromatic carbocycles. The Morgan fingerprint density at radius 3 is 2.07 bits per heavy atom. The Bertz CT molecular complexity index is 1880. The van der Waals surface area contributed by atoms with Crippen LogP contribution in [0.2, 0.25) is 5.02 Å². The minimum Gasteiger partial charge on any atom is -0.497 e. The van der Waals surface area contributed by atoms with Gasteiger partial charge >= 0.3 is 0 Å². The number of halogens is 1. The van der Waals surface area contributed by atoms with Crippen LogP contribution in [-0.4, -0.2) is 45.1 Å². The maximum atomic E-state index is 13.7. The highest BCUT2D eigenvalue weighted by Gasteiger charge is 2.22. The molecular formula is C30H27ClN6O5S. The first-order chi connectivity index (χ1) is 20.6. The molecule has 11 nitrogen and oxygen atoms in total. The molecule has 0 fully saturated rings. The Morgan fingerprint density at radius 1 is 0.837 bits per heavy atom. The number of sulfonamides is 1. The number of hydrogen-bond acceptors (Lipinski definition) is 9. The van der Waals surface area contributed by atoms with Crippen LogP contribution in [-0.2, 0) is 14.8 Å². The van der Waals surface area contributed by atoms with E-state index in [2.05, 4.69) is 20.0 Å². The van der Waals surface area contributed by atoms with Crippen LogP contribution in [0.4, 0.5) is 28.7 Å². The van der Waals surface area contributed by atoms with Crippen molar-refractivity contribution in [2.75, 3.05) is 35.7 Å². The zero-order chi connectivity index (χ0) is 30.6. The number of nitrogens with two attached hydrogens (primary N) is 1. The fourth-order valence-corrected chi connectivity index (χ4v) is 5.46. The molecule has 0 unspecified atom stereocenters. The summed E-state index contributed by atoms with van der Waals surface area (Å²) in [5.74, 6) is 0.576. The third-order valence-corrected chi connectivity index (χ3v) is 7.90. The van der Waals surface area contributed by atoms with Crippen molar-refractivity contribution >= 4 is 67.3 Å². The summed E-state index contributed by atoms with van der Waals surface area (Å²) in [5, 5.41) is 3.65. The molecule has 1 aromatic heterocycles. The van der Waals surface area contributed by atoms with Crippen molar-refractivity contribution in [1.29, 1.82) is 0 Å². The smallest absolute Gasteiger partial charge is 0.263 e. The van der Waals surface area contributed by atoms with Crippen LogP contribution in [0.15, 0.2) is 95.9 Å². The van der Waals surface area contributed by atoms with Crippen molar-refractivity contribution in [3.8, 4) is 11.5 Å². The van der Waals surface area contributed by atoms with Crippen LogP contribution in [0, 0.1) is 0 Å². The Labute approximate surface area is 253 Å². The number of para-hydroxylation sites is 2. The minimum absolute atomic E-state index is 0.0300. The summed E-state index contributed by atoms with van der Waals surface area (Å²) in [6, 6.07) is 25.1.